The molecule has 4 nitrogen and oxygen atoms in total. The predicted octanol–water partition coefficient (Wildman–Crippen LogP) is 1.91. The Balaban J connectivity index is 2.79. The third kappa shape index (κ3) is 3.58. The van der Waals surface area contributed by atoms with Gasteiger partial charge in [-0.3, -0.25) is 4.79 Å². The maximum atomic E-state index is 11.7. The Morgan fingerprint density at radius 3 is 2.53 bits per heavy atom. The van der Waals surface area contributed by atoms with Crippen LogP contribution in [0.5, 0.6) is 5.75 Å². The number of benzene rings is 1. The molecule has 0 saturated carbocycles. The van der Waals surface area contributed by atoms with Crippen molar-refractivity contribution >= 4 is 5.78 Å². The fourth-order valence-electron chi connectivity index (χ4n) is 1.41. The number of carbonyl (C=O) groups excluding carboxylic acids is 1. The average Bonchev–Trinajstić information content (AvgIpc) is 2.38. The Kier molecular flexibility index (Phi) is 5.18. The molecule has 0 saturated heterocycles. The lowest BCUT2D eigenvalue weighted by Gasteiger charge is -2.09. The Labute approximate surface area is 101 Å². The molecule has 0 aliphatic heterocycles. The summed E-state index contributed by atoms with van der Waals surface area (Å²) in [4.78, 5) is 11.7. The van der Waals surface area contributed by atoms with Crippen molar-refractivity contribution in [1.29, 1.82) is 5.26 Å². The molecular weight excluding hydrogens is 218 g/mol. The van der Waals surface area contributed by atoms with Gasteiger partial charge in [0.15, 0.2) is 5.78 Å². The molecule has 1 atom stereocenters. The number of ether oxygens (including phenoxy) is 2. The van der Waals surface area contributed by atoms with E-state index in [0.717, 1.165) is 0 Å². The number of carbonyl (C=O) groups is 1. The Morgan fingerprint density at radius 1 is 1.41 bits per heavy atom. The van der Waals surface area contributed by atoms with Crippen LogP contribution in [0.1, 0.15) is 18.4 Å². The lowest BCUT2D eigenvalue weighted by Crippen LogP contribution is -2.17. The Morgan fingerprint density at radius 2 is 2.06 bits per heavy atom. The summed E-state index contributed by atoms with van der Waals surface area (Å²) in [5.41, 5.74) is 0.665. The molecule has 0 aromatic heterocycles. The van der Waals surface area contributed by atoms with Gasteiger partial charge in [-0.25, -0.2) is 0 Å². The van der Waals surface area contributed by atoms with E-state index in [1.807, 2.05) is 13.0 Å². The van der Waals surface area contributed by atoms with Crippen LogP contribution in [0.4, 0.5) is 0 Å². The van der Waals surface area contributed by atoms with Crippen LogP contribution in [-0.4, -0.2) is 26.1 Å². The first kappa shape index (κ1) is 13.2. The number of Topliss-reactive ketones (excluding diaryl/α,β-unsaturated/α-hetero) is 1. The van der Waals surface area contributed by atoms with Gasteiger partial charge < -0.3 is 9.47 Å². The molecule has 0 amide bonds. The molecule has 0 fully saturated rings. The smallest absolute Gasteiger partial charge is 0.179 e. The largest absolute Gasteiger partial charge is 0.497 e. The van der Waals surface area contributed by atoms with E-state index < -0.39 is 5.92 Å². The maximum absolute atomic E-state index is 11.7. The highest BCUT2D eigenvalue weighted by Crippen LogP contribution is 2.19. The molecule has 1 rings (SSSR count). The van der Waals surface area contributed by atoms with Gasteiger partial charge in [-0.2, -0.15) is 5.26 Å². The molecule has 0 aliphatic carbocycles. The fourth-order valence-corrected chi connectivity index (χ4v) is 1.41. The number of ketones is 1. The summed E-state index contributed by atoms with van der Waals surface area (Å²) in [6.07, 6.45) is 0. The third-order valence-electron chi connectivity index (χ3n) is 2.35. The van der Waals surface area contributed by atoms with E-state index >= 15 is 0 Å². The van der Waals surface area contributed by atoms with Gasteiger partial charge in [0, 0.05) is 6.61 Å². The maximum Gasteiger partial charge on any atom is 0.179 e. The highest BCUT2D eigenvalue weighted by atomic mass is 16.5. The molecule has 90 valence electrons. The van der Waals surface area contributed by atoms with E-state index in [0.29, 0.717) is 17.9 Å². The first-order chi connectivity index (χ1) is 8.22. The van der Waals surface area contributed by atoms with E-state index in [-0.39, 0.29) is 12.4 Å². The Bertz CT molecular complexity index is 406. The van der Waals surface area contributed by atoms with Crippen molar-refractivity contribution in [3.63, 3.8) is 0 Å². The standard InChI is InChI=1S/C13H15NO3/c1-3-17-9-13(15)12(8-14)10-4-6-11(16-2)7-5-10/h4-7,12H,3,9H2,1-2H3. The van der Waals surface area contributed by atoms with Gasteiger partial charge in [0.25, 0.3) is 0 Å². The van der Waals surface area contributed by atoms with Gasteiger partial charge in [0.2, 0.25) is 0 Å². The number of hydrogen-bond donors (Lipinski definition) is 0. The molecule has 1 unspecified atom stereocenters. The number of methoxy groups -OCH3 is 1. The van der Waals surface area contributed by atoms with Crippen LogP contribution in [0.15, 0.2) is 24.3 Å². The number of rotatable bonds is 6. The zero-order valence-corrected chi connectivity index (χ0v) is 9.97. The molecular formula is C13H15NO3. The normalized spacial score (nSPS) is 11.6. The van der Waals surface area contributed by atoms with Gasteiger partial charge in [0.1, 0.15) is 18.3 Å². The number of hydrogen-bond acceptors (Lipinski definition) is 4. The van der Waals surface area contributed by atoms with Crippen molar-refractivity contribution in [2.24, 2.45) is 0 Å². The second-order valence-corrected chi connectivity index (χ2v) is 3.44. The first-order valence-electron chi connectivity index (χ1n) is 5.37. The summed E-state index contributed by atoms with van der Waals surface area (Å²) in [6.45, 7) is 2.25. The summed E-state index contributed by atoms with van der Waals surface area (Å²) < 4.78 is 10.0. The molecule has 4 heteroatoms. The van der Waals surface area contributed by atoms with E-state index in [2.05, 4.69) is 0 Å². The summed E-state index contributed by atoms with van der Waals surface area (Å²) in [7, 11) is 1.57. The number of nitrogens with zero attached hydrogens (tertiary/aromatic N) is 1. The monoisotopic (exact) mass is 233 g/mol. The van der Waals surface area contributed by atoms with Gasteiger partial charge >= 0.3 is 0 Å². The molecule has 0 bridgehead atoms. The molecule has 0 aliphatic rings. The minimum Gasteiger partial charge on any atom is -0.497 e. The molecule has 0 heterocycles. The molecule has 0 spiro atoms. The minimum absolute atomic E-state index is 0.0270. The molecule has 0 N–H and O–H groups in total. The predicted molar refractivity (Wildman–Crippen MR) is 62.8 cm³/mol. The van der Waals surface area contributed by atoms with E-state index in [1.54, 1.807) is 31.4 Å². The summed E-state index contributed by atoms with van der Waals surface area (Å²) in [5, 5.41) is 9.02. The molecule has 1 aromatic rings. The van der Waals surface area contributed by atoms with E-state index in [9.17, 15) is 4.79 Å². The van der Waals surface area contributed by atoms with Crippen LogP contribution in [0.3, 0.4) is 0 Å². The number of nitriles is 1. The lowest BCUT2D eigenvalue weighted by molar-refractivity contribution is -0.123. The second kappa shape index (κ2) is 6.66. The van der Waals surface area contributed by atoms with E-state index in [1.165, 1.54) is 0 Å². The Hall–Kier alpha value is -1.86. The van der Waals surface area contributed by atoms with Crippen LogP contribution in [0, 0.1) is 11.3 Å². The molecule has 1 aromatic carbocycles. The highest BCUT2D eigenvalue weighted by Gasteiger charge is 2.19. The minimum atomic E-state index is -0.771. The zero-order chi connectivity index (χ0) is 12.7. The fraction of sp³-hybridized carbons (Fsp3) is 0.385. The van der Waals surface area contributed by atoms with Crippen molar-refractivity contribution < 1.29 is 14.3 Å². The topological polar surface area (TPSA) is 59.3 Å². The van der Waals surface area contributed by atoms with Gasteiger partial charge in [-0.1, -0.05) is 12.1 Å². The van der Waals surface area contributed by atoms with Crippen LogP contribution >= 0.6 is 0 Å². The average molecular weight is 233 g/mol. The summed E-state index contributed by atoms with van der Waals surface area (Å²) in [5.74, 6) is -0.297. The van der Waals surface area contributed by atoms with Crippen LogP contribution in [-0.2, 0) is 9.53 Å². The highest BCUT2D eigenvalue weighted by molar-refractivity contribution is 5.89. The van der Waals surface area contributed by atoms with Crippen molar-refractivity contribution in [3.05, 3.63) is 29.8 Å². The van der Waals surface area contributed by atoms with Crippen molar-refractivity contribution in [1.82, 2.24) is 0 Å². The first-order valence-corrected chi connectivity index (χ1v) is 5.37. The molecule has 17 heavy (non-hydrogen) atoms. The summed E-state index contributed by atoms with van der Waals surface area (Å²) >= 11 is 0. The van der Waals surface area contributed by atoms with E-state index in [4.69, 9.17) is 14.7 Å². The van der Waals surface area contributed by atoms with Crippen LogP contribution in [0.25, 0.3) is 0 Å². The van der Waals surface area contributed by atoms with Crippen molar-refractivity contribution in [3.8, 4) is 11.8 Å². The van der Waals surface area contributed by atoms with Gasteiger partial charge in [-0.15, -0.1) is 0 Å². The summed E-state index contributed by atoms with van der Waals surface area (Å²) in [6, 6.07) is 8.89. The van der Waals surface area contributed by atoms with Gasteiger partial charge in [-0.05, 0) is 24.6 Å². The SMILES string of the molecule is CCOCC(=O)C(C#N)c1ccc(OC)cc1. The van der Waals surface area contributed by atoms with Gasteiger partial charge in [0.05, 0.1) is 13.2 Å². The van der Waals surface area contributed by atoms with Crippen LogP contribution < -0.4 is 4.74 Å². The van der Waals surface area contributed by atoms with Crippen molar-refractivity contribution in [2.75, 3.05) is 20.3 Å². The molecule has 0 radical (unpaired) electrons. The quantitative estimate of drug-likeness (QED) is 0.753. The second-order valence-electron chi connectivity index (χ2n) is 3.44. The van der Waals surface area contributed by atoms with Crippen molar-refractivity contribution in [2.45, 2.75) is 12.8 Å². The zero-order valence-electron chi connectivity index (χ0n) is 9.97. The third-order valence-corrected chi connectivity index (χ3v) is 2.35. The lowest BCUT2D eigenvalue weighted by atomic mass is 9.96. The van der Waals surface area contributed by atoms with Crippen LogP contribution in [0.2, 0.25) is 0 Å².